The number of hydrogen-bond acceptors (Lipinski definition) is 2. The minimum atomic E-state index is -0.290. The topological polar surface area (TPSA) is 32.3 Å². The van der Waals surface area contributed by atoms with Crippen LogP contribution in [0.25, 0.3) is 0 Å². The molecule has 1 N–H and O–H groups in total. The van der Waals surface area contributed by atoms with Crippen LogP contribution in [0.2, 0.25) is 0 Å². The molecule has 134 valence electrons. The van der Waals surface area contributed by atoms with E-state index < -0.39 is 0 Å². The Kier molecular flexibility index (Phi) is 5.53. The van der Waals surface area contributed by atoms with Crippen LogP contribution in [0.5, 0.6) is 0 Å². The van der Waals surface area contributed by atoms with Gasteiger partial charge in [0.2, 0.25) is 0 Å². The number of ketones is 1. The van der Waals surface area contributed by atoms with Crippen molar-refractivity contribution in [2.45, 2.75) is 26.4 Å². The second-order valence-electron chi connectivity index (χ2n) is 6.21. The van der Waals surface area contributed by atoms with Crippen LogP contribution < -0.4 is 5.32 Å². The highest BCUT2D eigenvalue weighted by atomic mass is 79.9. The summed E-state index contributed by atoms with van der Waals surface area (Å²) in [6, 6.07) is 13.8. The van der Waals surface area contributed by atoms with Crippen LogP contribution in [0.3, 0.4) is 0 Å². The Morgan fingerprint density at radius 3 is 2.58 bits per heavy atom. The molecule has 0 amide bonds. The molecule has 0 saturated heterocycles. The van der Waals surface area contributed by atoms with Gasteiger partial charge in [0, 0.05) is 22.3 Å². The highest BCUT2D eigenvalue weighted by Gasteiger charge is 2.32. The van der Waals surface area contributed by atoms with E-state index in [9.17, 15) is 9.18 Å². The molecule has 6 heteroatoms. The van der Waals surface area contributed by atoms with E-state index in [1.54, 1.807) is 19.1 Å². The van der Waals surface area contributed by atoms with Gasteiger partial charge in [0.15, 0.2) is 10.9 Å². The molecular formula is C20H18BrFN2OS. The van der Waals surface area contributed by atoms with E-state index in [-0.39, 0.29) is 17.6 Å². The number of carbonyl (C=O) groups excluding carboxylic acids is 1. The molecule has 0 saturated carbocycles. The monoisotopic (exact) mass is 432 g/mol. The van der Waals surface area contributed by atoms with Gasteiger partial charge in [-0.05, 0) is 61.5 Å². The fourth-order valence-corrected chi connectivity index (χ4v) is 3.87. The first kappa shape index (κ1) is 18.7. The standard InChI is InChI=1S/C20H18BrFN2OS/c1-12-18(13(2)25)19(15-4-3-5-16(21)10-15)23-20(26)24(12)11-14-6-8-17(22)9-7-14/h3-10,19H,11H2,1-2H3,(H,23,26). The Hall–Kier alpha value is -2.05. The fourth-order valence-electron chi connectivity index (χ4n) is 3.14. The largest absolute Gasteiger partial charge is 0.351 e. The van der Waals surface area contributed by atoms with Crippen LogP contribution >= 0.6 is 28.1 Å². The van der Waals surface area contributed by atoms with Gasteiger partial charge >= 0.3 is 0 Å². The Labute approximate surface area is 166 Å². The summed E-state index contributed by atoms with van der Waals surface area (Å²) in [6.45, 7) is 3.94. The molecule has 0 fully saturated rings. The van der Waals surface area contributed by atoms with Crippen LogP contribution in [-0.4, -0.2) is 15.8 Å². The summed E-state index contributed by atoms with van der Waals surface area (Å²) in [5.74, 6) is -0.286. The highest BCUT2D eigenvalue weighted by Crippen LogP contribution is 2.32. The predicted octanol–water partition coefficient (Wildman–Crippen LogP) is 4.88. The molecule has 1 unspecified atom stereocenters. The summed E-state index contributed by atoms with van der Waals surface area (Å²) in [5, 5.41) is 3.83. The van der Waals surface area contributed by atoms with Crippen molar-refractivity contribution in [3.8, 4) is 0 Å². The molecule has 0 aliphatic carbocycles. The lowest BCUT2D eigenvalue weighted by Crippen LogP contribution is -2.47. The van der Waals surface area contributed by atoms with E-state index in [1.165, 1.54) is 12.1 Å². The summed E-state index contributed by atoms with van der Waals surface area (Å²) in [4.78, 5) is 14.3. The molecule has 0 aromatic heterocycles. The van der Waals surface area contributed by atoms with E-state index in [0.717, 1.165) is 21.3 Å². The van der Waals surface area contributed by atoms with Crippen molar-refractivity contribution in [1.29, 1.82) is 0 Å². The Morgan fingerprint density at radius 1 is 1.27 bits per heavy atom. The molecule has 1 aliphatic rings. The zero-order valence-electron chi connectivity index (χ0n) is 14.4. The molecule has 3 rings (SSSR count). The van der Waals surface area contributed by atoms with Gasteiger partial charge in [0.1, 0.15) is 5.82 Å². The van der Waals surface area contributed by atoms with E-state index in [4.69, 9.17) is 12.2 Å². The minimum absolute atomic E-state index is 0.00779. The molecule has 2 aromatic rings. The average molecular weight is 433 g/mol. The Bertz CT molecular complexity index is 895. The van der Waals surface area contributed by atoms with Gasteiger partial charge in [0.25, 0.3) is 0 Å². The van der Waals surface area contributed by atoms with Crippen molar-refractivity contribution in [3.63, 3.8) is 0 Å². The molecule has 0 radical (unpaired) electrons. The second-order valence-corrected chi connectivity index (χ2v) is 7.51. The van der Waals surface area contributed by atoms with Crippen molar-refractivity contribution >= 4 is 39.0 Å². The highest BCUT2D eigenvalue weighted by molar-refractivity contribution is 9.10. The third-order valence-electron chi connectivity index (χ3n) is 4.41. The summed E-state index contributed by atoms with van der Waals surface area (Å²) < 4.78 is 14.1. The maximum absolute atomic E-state index is 13.1. The van der Waals surface area contributed by atoms with Gasteiger partial charge in [-0.1, -0.05) is 40.2 Å². The molecule has 0 spiro atoms. The van der Waals surface area contributed by atoms with Crippen LogP contribution in [0.1, 0.15) is 31.0 Å². The van der Waals surface area contributed by atoms with E-state index in [0.29, 0.717) is 17.2 Å². The molecular weight excluding hydrogens is 415 g/mol. The van der Waals surface area contributed by atoms with Crippen LogP contribution in [0.4, 0.5) is 4.39 Å². The number of Topliss-reactive ketones (excluding diaryl/α,β-unsaturated/α-hetero) is 1. The van der Waals surface area contributed by atoms with Crippen molar-refractivity contribution in [1.82, 2.24) is 10.2 Å². The van der Waals surface area contributed by atoms with E-state index >= 15 is 0 Å². The van der Waals surface area contributed by atoms with E-state index in [1.807, 2.05) is 36.1 Å². The maximum Gasteiger partial charge on any atom is 0.174 e. The molecule has 1 aliphatic heterocycles. The minimum Gasteiger partial charge on any atom is -0.351 e. The lowest BCUT2D eigenvalue weighted by Gasteiger charge is -2.38. The van der Waals surface area contributed by atoms with Crippen LogP contribution in [0, 0.1) is 5.82 Å². The van der Waals surface area contributed by atoms with Crippen molar-refractivity contribution in [3.05, 3.63) is 81.2 Å². The average Bonchev–Trinajstić information content (AvgIpc) is 2.59. The quantitative estimate of drug-likeness (QED) is 0.697. The van der Waals surface area contributed by atoms with Gasteiger partial charge in [-0.15, -0.1) is 0 Å². The zero-order valence-corrected chi connectivity index (χ0v) is 16.8. The zero-order chi connectivity index (χ0) is 18.8. The molecule has 3 nitrogen and oxygen atoms in total. The van der Waals surface area contributed by atoms with Gasteiger partial charge < -0.3 is 10.2 Å². The van der Waals surface area contributed by atoms with Crippen molar-refractivity contribution in [2.75, 3.05) is 0 Å². The van der Waals surface area contributed by atoms with Gasteiger partial charge in [-0.25, -0.2) is 4.39 Å². The number of benzene rings is 2. The molecule has 2 aromatic carbocycles. The predicted molar refractivity (Wildman–Crippen MR) is 108 cm³/mol. The lowest BCUT2D eigenvalue weighted by atomic mass is 9.92. The van der Waals surface area contributed by atoms with E-state index in [2.05, 4.69) is 21.2 Å². The summed E-state index contributed by atoms with van der Waals surface area (Å²) >= 11 is 9.04. The number of nitrogens with zero attached hydrogens (tertiary/aromatic N) is 1. The number of carbonyl (C=O) groups is 1. The normalized spacial score (nSPS) is 17.3. The van der Waals surface area contributed by atoms with Crippen molar-refractivity contribution < 1.29 is 9.18 Å². The summed E-state index contributed by atoms with van der Waals surface area (Å²) in [6.07, 6.45) is 0. The first-order valence-electron chi connectivity index (χ1n) is 8.16. The second kappa shape index (κ2) is 7.68. The number of nitrogens with one attached hydrogen (secondary N) is 1. The lowest BCUT2D eigenvalue weighted by molar-refractivity contribution is -0.114. The molecule has 0 bridgehead atoms. The Balaban J connectivity index is 1.99. The summed E-state index contributed by atoms with van der Waals surface area (Å²) in [5.41, 5.74) is 3.38. The number of rotatable bonds is 4. The van der Waals surface area contributed by atoms with Crippen molar-refractivity contribution in [2.24, 2.45) is 0 Å². The maximum atomic E-state index is 13.1. The van der Waals surface area contributed by atoms with Gasteiger partial charge in [0.05, 0.1) is 6.04 Å². The first-order chi connectivity index (χ1) is 12.4. The third-order valence-corrected chi connectivity index (χ3v) is 5.24. The van der Waals surface area contributed by atoms with Crippen LogP contribution in [0.15, 0.2) is 64.3 Å². The third kappa shape index (κ3) is 3.86. The number of thiocarbonyl (C=S) groups is 1. The number of halogens is 2. The van der Waals surface area contributed by atoms with Gasteiger partial charge in [-0.3, -0.25) is 4.79 Å². The Morgan fingerprint density at radius 2 is 1.96 bits per heavy atom. The molecule has 1 atom stereocenters. The summed E-state index contributed by atoms with van der Waals surface area (Å²) in [7, 11) is 0. The first-order valence-corrected chi connectivity index (χ1v) is 9.36. The molecule has 26 heavy (non-hydrogen) atoms. The number of allylic oxidation sites excluding steroid dienone is 1. The fraction of sp³-hybridized carbons (Fsp3) is 0.200. The number of hydrogen-bond donors (Lipinski definition) is 1. The molecule has 1 heterocycles. The SMILES string of the molecule is CC(=O)C1=C(C)N(Cc2ccc(F)cc2)C(=S)NC1c1cccc(Br)c1. The van der Waals surface area contributed by atoms with Gasteiger partial charge in [-0.2, -0.15) is 0 Å². The van der Waals surface area contributed by atoms with Crippen LogP contribution in [-0.2, 0) is 11.3 Å². The smallest absolute Gasteiger partial charge is 0.174 e.